The van der Waals surface area contributed by atoms with Crippen LogP contribution in [-0.4, -0.2) is 14.6 Å². The SMILES string of the molecule is C1=CN(Cc2cccs2)n2c(-c3ccncc3)cnc2C1. The first-order chi connectivity index (χ1) is 10.4. The Balaban J connectivity index is 1.76. The summed E-state index contributed by atoms with van der Waals surface area (Å²) in [5.74, 6) is 1.07. The van der Waals surface area contributed by atoms with Crippen LogP contribution in [-0.2, 0) is 13.0 Å². The van der Waals surface area contributed by atoms with Crippen LogP contribution in [0.4, 0.5) is 0 Å². The van der Waals surface area contributed by atoms with Crippen molar-refractivity contribution in [3.63, 3.8) is 0 Å². The lowest BCUT2D eigenvalue weighted by Gasteiger charge is -2.28. The summed E-state index contributed by atoms with van der Waals surface area (Å²) in [5, 5.41) is 4.33. The van der Waals surface area contributed by atoms with Crippen LogP contribution in [0.25, 0.3) is 11.3 Å². The average Bonchev–Trinajstić information content (AvgIpc) is 3.18. The smallest absolute Gasteiger partial charge is 0.132 e. The highest BCUT2D eigenvalue weighted by atomic mass is 32.1. The van der Waals surface area contributed by atoms with Crippen molar-refractivity contribution in [2.75, 3.05) is 5.01 Å². The van der Waals surface area contributed by atoms with Crippen molar-refractivity contribution in [2.45, 2.75) is 13.0 Å². The Kier molecular flexibility index (Phi) is 3.05. The van der Waals surface area contributed by atoms with E-state index < -0.39 is 0 Å². The molecule has 0 N–H and O–H groups in total. The van der Waals surface area contributed by atoms with Gasteiger partial charge in [0.15, 0.2) is 0 Å². The van der Waals surface area contributed by atoms with E-state index in [1.54, 1.807) is 11.3 Å². The molecule has 0 spiro atoms. The molecule has 0 saturated heterocycles. The van der Waals surface area contributed by atoms with Crippen molar-refractivity contribution in [1.29, 1.82) is 0 Å². The second kappa shape index (κ2) is 5.18. The molecular formula is C16H14N4S. The lowest BCUT2D eigenvalue weighted by atomic mass is 10.2. The lowest BCUT2D eigenvalue weighted by Crippen LogP contribution is -2.32. The summed E-state index contributed by atoms with van der Waals surface area (Å²) >= 11 is 1.78. The van der Waals surface area contributed by atoms with Gasteiger partial charge in [-0.1, -0.05) is 12.1 Å². The highest BCUT2D eigenvalue weighted by molar-refractivity contribution is 7.09. The molecule has 1 aliphatic rings. The Hall–Kier alpha value is -2.40. The van der Waals surface area contributed by atoms with Gasteiger partial charge >= 0.3 is 0 Å². The average molecular weight is 294 g/mol. The molecule has 0 amide bonds. The molecule has 104 valence electrons. The van der Waals surface area contributed by atoms with E-state index in [1.807, 2.05) is 30.7 Å². The summed E-state index contributed by atoms with van der Waals surface area (Å²) in [7, 11) is 0. The molecular weight excluding hydrogens is 280 g/mol. The fourth-order valence-corrected chi connectivity index (χ4v) is 3.26. The summed E-state index contributed by atoms with van der Waals surface area (Å²) in [5.41, 5.74) is 2.24. The Morgan fingerprint density at radius 1 is 1.19 bits per heavy atom. The summed E-state index contributed by atoms with van der Waals surface area (Å²) in [6.07, 6.45) is 10.7. The minimum absolute atomic E-state index is 0.857. The number of hydrogen-bond donors (Lipinski definition) is 0. The number of fused-ring (bicyclic) bond motifs is 1. The number of aromatic nitrogens is 3. The van der Waals surface area contributed by atoms with Crippen LogP contribution in [0.2, 0.25) is 0 Å². The van der Waals surface area contributed by atoms with Gasteiger partial charge in [0.2, 0.25) is 0 Å². The predicted molar refractivity (Wildman–Crippen MR) is 84.5 cm³/mol. The van der Waals surface area contributed by atoms with E-state index in [0.29, 0.717) is 0 Å². The van der Waals surface area contributed by atoms with E-state index in [0.717, 1.165) is 30.0 Å². The van der Waals surface area contributed by atoms with Gasteiger partial charge in [0.05, 0.1) is 18.4 Å². The van der Waals surface area contributed by atoms with Crippen molar-refractivity contribution in [3.05, 3.63) is 71.2 Å². The van der Waals surface area contributed by atoms with Crippen molar-refractivity contribution < 1.29 is 0 Å². The first-order valence-corrected chi connectivity index (χ1v) is 7.73. The zero-order chi connectivity index (χ0) is 14.1. The van der Waals surface area contributed by atoms with Crippen LogP contribution in [0.3, 0.4) is 0 Å². The molecule has 0 aromatic carbocycles. The van der Waals surface area contributed by atoms with E-state index in [-0.39, 0.29) is 0 Å². The fraction of sp³-hybridized carbons (Fsp3) is 0.125. The van der Waals surface area contributed by atoms with E-state index in [9.17, 15) is 0 Å². The van der Waals surface area contributed by atoms with E-state index in [2.05, 4.69) is 49.4 Å². The molecule has 0 aliphatic carbocycles. The van der Waals surface area contributed by atoms with Gasteiger partial charge in [-0.05, 0) is 23.6 Å². The fourth-order valence-electron chi connectivity index (χ4n) is 2.56. The summed E-state index contributed by atoms with van der Waals surface area (Å²) in [4.78, 5) is 9.99. The molecule has 21 heavy (non-hydrogen) atoms. The first kappa shape index (κ1) is 12.3. The number of nitrogens with zero attached hydrogens (tertiary/aromatic N) is 4. The molecule has 3 aromatic heterocycles. The zero-order valence-electron chi connectivity index (χ0n) is 11.4. The molecule has 3 aromatic rings. The van der Waals surface area contributed by atoms with Crippen LogP contribution in [0.5, 0.6) is 0 Å². The molecule has 4 nitrogen and oxygen atoms in total. The van der Waals surface area contributed by atoms with Gasteiger partial charge in [-0.2, -0.15) is 0 Å². The van der Waals surface area contributed by atoms with Gasteiger partial charge in [0.1, 0.15) is 5.82 Å². The largest absolute Gasteiger partial charge is 0.282 e. The molecule has 0 atom stereocenters. The third-order valence-electron chi connectivity index (χ3n) is 3.52. The molecule has 4 heterocycles. The van der Waals surface area contributed by atoms with Gasteiger partial charge in [-0.25, -0.2) is 9.66 Å². The molecule has 0 bridgehead atoms. The van der Waals surface area contributed by atoms with Gasteiger partial charge in [-0.15, -0.1) is 11.3 Å². The maximum Gasteiger partial charge on any atom is 0.132 e. The van der Waals surface area contributed by atoms with Crippen LogP contribution in [0, 0.1) is 0 Å². The van der Waals surface area contributed by atoms with Crippen LogP contribution in [0.1, 0.15) is 10.7 Å². The predicted octanol–water partition coefficient (Wildman–Crippen LogP) is 3.21. The van der Waals surface area contributed by atoms with Crippen LogP contribution in [0.15, 0.2) is 60.5 Å². The minimum atomic E-state index is 0.857. The normalized spacial score (nSPS) is 13.4. The summed E-state index contributed by atoms with van der Waals surface area (Å²) < 4.78 is 2.20. The standard InChI is InChI=1S/C16H14N4S/c1-4-16-18-11-15(13-5-7-17-8-6-13)20(16)19(9-1)12-14-3-2-10-21-14/h1-3,5-11H,4,12H2. The maximum atomic E-state index is 4.57. The highest BCUT2D eigenvalue weighted by Gasteiger charge is 2.18. The molecule has 0 saturated carbocycles. The zero-order valence-corrected chi connectivity index (χ0v) is 12.2. The van der Waals surface area contributed by atoms with Gasteiger partial charge in [0, 0.05) is 35.5 Å². The Morgan fingerprint density at radius 2 is 2.10 bits per heavy atom. The molecule has 1 aliphatic heterocycles. The Morgan fingerprint density at radius 3 is 2.90 bits per heavy atom. The number of allylic oxidation sites excluding steroid dienone is 1. The summed E-state index contributed by atoms with van der Waals surface area (Å²) in [6, 6.07) is 8.29. The van der Waals surface area contributed by atoms with Gasteiger partial charge in [-0.3, -0.25) is 9.99 Å². The molecule has 0 radical (unpaired) electrons. The third kappa shape index (κ3) is 2.25. The van der Waals surface area contributed by atoms with Crippen molar-refractivity contribution in [3.8, 4) is 11.3 Å². The summed E-state index contributed by atoms with van der Waals surface area (Å²) in [6.45, 7) is 0.857. The number of thiophene rings is 1. The quantitative estimate of drug-likeness (QED) is 0.744. The molecule has 4 rings (SSSR count). The minimum Gasteiger partial charge on any atom is -0.282 e. The lowest BCUT2D eigenvalue weighted by molar-refractivity contribution is 0.641. The topological polar surface area (TPSA) is 34.0 Å². The third-order valence-corrected chi connectivity index (χ3v) is 4.38. The van der Waals surface area contributed by atoms with E-state index >= 15 is 0 Å². The van der Waals surface area contributed by atoms with Crippen molar-refractivity contribution in [1.82, 2.24) is 14.6 Å². The van der Waals surface area contributed by atoms with E-state index in [1.165, 1.54) is 4.88 Å². The molecule has 0 fully saturated rings. The number of rotatable bonds is 3. The van der Waals surface area contributed by atoms with Crippen molar-refractivity contribution >= 4 is 11.3 Å². The van der Waals surface area contributed by atoms with Gasteiger partial charge in [0.25, 0.3) is 0 Å². The Bertz CT molecular complexity index is 759. The van der Waals surface area contributed by atoms with Crippen molar-refractivity contribution in [2.24, 2.45) is 0 Å². The number of imidazole rings is 1. The maximum absolute atomic E-state index is 4.57. The van der Waals surface area contributed by atoms with Gasteiger partial charge < -0.3 is 0 Å². The number of pyridine rings is 1. The van der Waals surface area contributed by atoms with Crippen LogP contribution < -0.4 is 5.01 Å². The molecule has 0 unspecified atom stereocenters. The highest BCUT2D eigenvalue weighted by Crippen LogP contribution is 2.24. The van der Waals surface area contributed by atoms with Crippen LogP contribution >= 0.6 is 11.3 Å². The monoisotopic (exact) mass is 294 g/mol. The second-order valence-corrected chi connectivity index (χ2v) is 5.91. The number of hydrogen-bond acceptors (Lipinski definition) is 4. The first-order valence-electron chi connectivity index (χ1n) is 6.85. The Labute approximate surface area is 127 Å². The molecule has 5 heteroatoms. The van der Waals surface area contributed by atoms with E-state index in [4.69, 9.17) is 0 Å². The second-order valence-electron chi connectivity index (χ2n) is 4.87.